The van der Waals surface area contributed by atoms with Crippen molar-refractivity contribution in [1.29, 1.82) is 0 Å². The molecule has 0 radical (unpaired) electrons. The molecule has 0 fully saturated rings. The summed E-state index contributed by atoms with van der Waals surface area (Å²) in [7, 11) is 0. The molecule has 0 amide bonds. The van der Waals surface area contributed by atoms with Crippen LogP contribution in [0.25, 0.3) is 0 Å². The second-order valence-corrected chi connectivity index (χ2v) is 6.17. The summed E-state index contributed by atoms with van der Waals surface area (Å²) in [5, 5.41) is 0. The molecule has 100 valence electrons. The maximum atomic E-state index is 12.1. The third-order valence-corrected chi connectivity index (χ3v) is 4.56. The second-order valence-electron chi connectivity index (χ2n) is 3.80. The predicted octanol–water partition coefficient (Wildman–Crippen LogP) is 4.65. The van der Waals surface area contributed by atoms with E-state index in [1.165, 1.54) is 35.6 Å². The fraction of sp³-hybridized carbons (Fsp3) is 0.154. The molecule has 0 bridgehead atoms. The van der Waals surface area contributed by atoms with Gasteiger partial charge in [0.2, 0.25) is 5.78 Å². The average molecular weight is 347 g/mol. The van der Waals surface area contributed by atoms with Crippen molar-refractivity contribution in [3.63, 3.8) is 0 Å². The Morgan fingerprint density at radius 3 is 2.42 bits per heavy atom. The summed E-state index contributed by atoms with van der Waals surface area (Å²) in [4.78, 5) is 12.7. The summed E-state index contributed by atoms with van der Waals surface area (Å²) in [6.45, 7) is -0.964. The average Bonchev–Trinajstić information content (AvgIpc) is 2.69. The summed E-state index contributed by atoms with van der Waals surface area (Å²) in [6.07, 6.45) is 0. The van der Waals surface area contributed by atoms with Gasteiger partial charge < -0.3 is 4.74 Å². The number of carbonyl (C=O) groups excluding carboxylic acids is 1. The number of ether oxygens (including phenoxy) is 1. The number of halogens is 3. The fourth-order valence-corrected chi connectivity index (χ4v) is 3.00. The van der Waals surface area contributed by atoms with Crippen LogP contribution in [-0.4, -0.2) is 12.4 Å². The number of thiophene rings is 1. The molecule has 0 spiro atoms. The predicted molar refractivity (Wildman–Crippen MR) is 73.3 cm³/mol. The molecule has 1 aromatic heterocycles. The van der Waals surface area contributed by atoms with E-state index in [0.717, 1.165) is 9.35 Å². The van der Waals surface area contributed by atoms with Gasteiger partial charge in [0.05, 0.1) is 8.66 Å². The van der Waals surface area contributed by atoms with Gasteiger partial charge in [-0.3, -0.25) is 4.79 Å². The van der Waals surface area contributed by atoms with E-state index in [4.69, 9.17) is 0 Å². The molecular formula is C13H9BrF2O2S. The first-order chi connectivity index (χ1) is 8.97. The summed E-state index contributed by atoms with van der Waals surface area (Å²) >= 11 is 4.71. The van der Waals surface area contributed by atoms with Gasteiger partial charge >= 0.3 is 6.61 Å². The molecule has 0 unspecified atom stereocenters. The molecule has 19 heavy (non-hydrogen) atoms. The van der Waals surface area contributed by atoms with Crippen LogP contribution in [0.1, 0.15) is 20.8 Å². The van der Waals surface area contributed by atoms with E-state index in [9.17, 15) is 13.6 Å². The highest BCUT2D eigenvalue weighted by Gasteiger charge is 2.14. The Balaban J connectivity index is 2.20. The van der Waals surface area contributed by atoms with E-state index in [0.29, 0.717) is 10.4 Å². The van der Waals surface area contributed by atoms with E-state index in [2.05, 4.69) is 20.7 Å². The molecule has 6 heteroatoms. The van der Waals surface area contributed by atoms with E-state index >= 15 is 0 Å². The largest absolute Gasteiger partial charge is 0.435 e. The number of hydrogen-bond donors (Lipinski definition) is 0. The smallest absolute Gasteiger partial charge is 0.387 e. The Morgan fingerprint density at radius 2 is 1.95 bits per heavy atom. The van der Waals surface area contributed by atoms with Crippen molar-refractivity contribution in [2.75, 3.05) is 0 Å². The van der Waals surface area contributed by atoms with Crippen molar-refractivity contribution in [2.45, 2.75) is 13.5 Å². The topological polar surface area (TPSA) is 26.3 Å². The van der Waals surface area contributed by atoms with Crippen LogP contribution in [0.3, 0.4) is 0 Å². The molecule has 0 saturated carbocycles. The van der Waals surface area contributed by atoms with Crippen LogP contribution in [0, 0.1) is 6.92 Å². The first kappa shape index (κ1) is 14.1. The third-order valence-electron chi connectivity index (χ3n) is 2.42. The molecule has 2 rings (SSSR count). The number of ketones is 1. The van der Waals surface area contributed by atoms with E-state index in [-0.39, 0.29) is 11.5 Å². The number of benzene rings is 1. The first-order valence-corrected chi connectivity index (χ1v) is 6.94. The third kappa shape index (κ3) is 3.39. The lowest BCUT2D eigenvalue weighted by Crippen LogP contribution is -2.03. The molecule has 0 N–H and O–H groups in total. The van der Waals surface area contributed by atoms with E-state index in [1.54, 1.807) is 6.07 Å². The lowest BCUT2D eigenvalue weighted by atomic mass is 10.1. The first-order valence-electron chi connectivity index (χ1n) is 5.33. The van der Waals surface area contributed by atoms with Crippen molar-refractivity contribution in [3.05, 3.63) is 50.1 Å². The van der Waals surface area contributed by atoms with Gasteiger partial charge in [-0.1, -0.05) is 0 Å². The minimum atomic E-state index is -2.86. The van der Waals surface area contributed by atoms with Crippen molar-refractivity contribution in [2.24, 2.45) is 0 Å². The van der Waals surface area contributed by atoms with Gasteiger partial charge in [0.25, 0.3) is 0 Å². The zero-order valence-corrected chi connectivity index (χ0v) is 12.2. The highest BCUT2D eigenvalue weighted by molar-refractivity contribution is 9.11. The maximum Gasteiger partial charge on any atom is 0.387 e. The molecule has 2 nitrogen and oxygen atoms in total. The molecular weight excluding hydrogens is 338 g/mol. The van der Waals surface area contributed by atoms with Gasteiger partial charge in [-0.2, -0.15) is 8.78 Å². The molecule has 1 aromatic carbocycles. The summed E-state index contributed by atoms with van der Waals surface area (Å²) in [5.41, 5.74) is 1.43. The van der Waals surface area contributed by atoms with Crippen LogP contribution in [0.4, 0.5) is 8.78 Å². The lowest BCUT2D eigenvalue weighted by Gasteiger charge is -2.04. The van der Waals surface area contributed by atoms with Gasteiger partial charge in [0.1, 0.15) is 5.75 Å². The maximum absolute atomic E-state index is 12.1. The Labute approximate surface area is 121 Å². The van der Waals surface area contributed by atoms with Crippen molar-refractivity contribution in [3.8, 4) is 5.75 Å². The van der Waals surface area contributed by atoms with Gasteiger partial charge in [0.15, 0.2) is 0 Å². The zero-order chi connectivity index (χ0) is 14.0. The van der Waals surface area contributed by atoms with Crippen LogP contribution >= 0.6 is 27.3 Å². The monoisotopic (exact) mass is 346 g/mol. The Kier molecular flexibility index (Phi) is 4.31. The molecule has 0 aliphatic carbocycles. The van der Waals surface area contributed by atoms with Crippen molar-refractivity contribution in [1.82, 2.24) is 0 Å². The Morgan fingerprint density at radius 1 is 1.32 bits per heavy atom. The standard InChI is InChI=1S/C13H9BrF2O2S/c1-7-6-10(19-12(7)14)11(17)8-2-4-9(5-3-8)18-13(15)16/h2-6,13H,1H3. The molecule has 2 aromatic rings. The SMILES string of the molecule is Cc1cc(C(=O)c2ccc(OC(F)F)cc2)sc1Br. The summed E-state index contributed by atoms with van der Waals surface area (Å²) < 4.78 is 29.1. The number of aryl methyl sites for hydroxylation is 1. The van der Waals surface area contributed by atoms with E-state index in [1.807, 2.05) is 6.92 Å². The minimum absolute atomic E-state index is 0.0371. The number of hydrogen-bond acceptors (Lipinski definition) is 3. The quantitative estimate of drug-likeness (QED) is 0.753. The summed E-state index contributed by atoms with van der Waals surface area (Å²) in [6, 6.07) is 7.45. The Bertz CT molecular complexity index is 574. The number of alkyl halides is 2. The van der Waals surface area contributed by atoms with Crippen LogP contribution in [0.5, 0.6) is 5.75 Å². The van der Waals surface area contributed by atoms with Crippen molar-refractivity contribution < 1.29 is 18.3 Å². The summed E-state index contributed by atoms with van der Waals surface area (Å²) in [5.74, 6) is -0.0995. The van der Waals surface area contributed by atoms with Crippen LogP contribution in [-0.2, 0) is 0 Å². The van der Waals surface area contributed by atoms with Crippen molar-refractivity contribution >= 4 is 33.0 Å². The van der Waals surface area contributed by atoms with Crippen LogP contribution in [0.2, 0.25) is 0 Å². The van der Waals surface area contributed by atoms with Gasteiger partial charge in [-0.15, -0.1) is 11.3 Å². The fourth-order valence-electron chi connectivity index (χ4n) is 1.50. The molecule has 0 atom stereocenters. The van der Waals surface area contributed by atoms with Crippen LogP contribution < -0.4 is 4.74 Å². The van der Waals surface area contributed by atoms with Crippen LogP contribution in [0.15, 0.2) is 34.1 Å². The normalized spacial score (nSPS) is 10.8. The molecule has 0 saturated heterocycles. The molecule has 0 aliphatic heterocycles. The van der Waals surface area contributed by atoms with Gasteiger partial charge in [-0.05, 0) is 58.7 Å². The lowest BCUT2D eigenvalue weighted by molar-refractivity contribution is -0.0498. The number of carbonyl (C=O) groups is 1. The van der Waals surface area contributed by atoms with E-state index < -0.39 is 6.61 Å². The molecule has 0 aliphatic rings. The van der Waals surface area contributed by atoms with Gasteiger partial charge in [-0.25, -0.2) is 0 Å². The minimum Gasteiger partial charge on any atom is -0.435 e. The Hall–Kier alpha value is -1.27. The zero-order valence-electron chi connectivity index (χ0n) is 9.82. The highest BCUT2D eigenvalue weighted by Crippen LogP contribution is 2.29. The molecule has 1 heterocycles. The second kappa shape index (κ2) is 5.79. The van der Waals surface area contributed by atoms with Gasteiger partial charge in [0, 0.05) is 5.56 Å². The number of rotatable bonds is 4. The highest BCUT2D eigenvalue weighted by atomic mass is 79.9.